The fourth-order valence-electron chi connectivity index (χ4n) is 3.08. The molecule has 0 fully saturated rings. The molecule has 0 spiro atoms. The van der Waals surface area contributed by atoms with E-state index in [-0.39, 0.29) is 24.7 Å². The Hall–Kier alpha value is -2.43. The van der Waals surface area contributed by atoms with Crippen LogP contribution in [0.4, 0.5) is 0 Å². The summed E-state index contributed by atoms with van der Waals surface area (Å²) < 4.78 is 0. The first-order valence-corrected chi connectivity index (χ1v) is 7.13. The van der Waals surface area contributed by atoms with E-state index in [4.69, 9.17) is 0 Å². The van der Waals surface area contributed by atoms with Crippen LogP contribution in [0.5, 0.6) is 0 Å². The zero-order chi connectivity index (χ0) is 16.3. The summed E-state index contributed by atoms with van der Waals surface area (Å²) in [5, 5.41) is 18.4. The Labute approximate surface area is 129 Å². The van der Waals surface area contributed by atoms with Crippen molar-refractivity contribution in [2.24, 2.45) is 10.9 Å². The molecule has 0 aromatic heterocycles. The molecule has 0 saturated carbocycles. The third-order valence-electron chi connectivity index (χ3n) is 4.02. The van der Waals surface area contributed by atoms with Gasteiger partial charge in [-0.2, -0.15) is 0 Å². The lowest BCUT2D eigenvalue weighted by molar-refractivity contribution is -0.137. The van der Waals surface area contributed by atoms with Gasteiger partial charge in [-0.1, -0.05) is 30.3 Å². The molecule has 1 aliphatic rings. The molecular weight excluding hydrogens is 282 g/mol. The van der Waals surface area contributed by atoms with Crippen molar-refractivity contribution in [1.29, 1.82) is 0 Å². The van der Waals surface area contributed by atoms with Crippen LogP contribution in [0.1, 0.15) is 38.2 Å². The van der Waals surface area contributed by atoms with Crippen molar-refractivity contribution >= 4 is 17.7 Å². The van der Waals surface area contributed by atoms with E-state index < -0.39 is 11.9 Å². The van der Waals surface area contributed by atoms with Gasteiger partial charge in [0, 0.05) is 23.2 Å². The lowest BCUT2D eigenvalue weighted by Gasteiger charge is -2.33. The molecule has 1 aromatic rings. The predicted molar refractivity (Wildman–Crippen MR) is 83.0 cm³/mol. The average molecular weight is 301 g/mol. The Morgan fingerprint density at radius 1 is 1.09 bits per heavy atom. The number of aliphatic imine (C=N–C) groups is 1. The molecule has 2 rings (SSSR count). The molecule has 1 aliphatic heterocycles. The quantitative estimate of drug-likeness (QED) is 0.875. The number of carboxylic acid groups (broad SMARTS) is 2. The smallest absolute Gasteiger partial charge is 0.307 e. The Morgan fingerprint density at radius 2 is 1.73 bits per heavy atom. The number of carbonyl (C=O) groups is 2. The summed E-state index contributed by atoms with van der Waals surface area (Å²) in [4.78, 5) is 26.8. The van der Waals surface area contributed by atoms with E-state index in [2.05, 4.69) is 4.99 Å². The van der Waals surface area contributed by atoms with Gasteiger partial charge < -0.3 is 10.2 Å². The summed E-state index contributed by atoms with van der Waals surface area (Å²) in [5.41, 5.74) is 3.03. The molecule has 0 saturated heterocycles. The van der Waals surface area contributed by atoms with Crippen molar-refractivity contribution in [3.63, 3.8) is 0 Å². The molecule has 2 atom stereocenters. The van der Waals surface area contributed by atoms with E-state index in [1.54, 1.807) is 6.92 Å². The summed E-state index contributed by atoms with van der Waals surface area (Å²) in [6.45, 7) is 3.60. The van der Waals surface area contributed by atoms with Gasteiger partial charge in [-0.3, -0.25) is 14.6 Å². The largest absolute Gasteiger partial charge is 0.481 e. The zero-order valence-corrected chi connectivity index (χ0v) is 12.6. The first-order chi connectivity index (χ1) is 10.4. The van der Waals surface area contributed by atoms with E-state index in [1.165, 1.54) is 0 Å². The Balaban J connectivity index is 2.53. The molecule has 22 heavy (non-hydrogen) atoms. The third-order valence-corrected chi connectivity index (χ3v) is 4.02. The Bertz CT molecular complexity index is 646. The van der Waals surface area contributed by atoms with Gasteiger partial charge in [0.15, 0.2) is 0 Å². The summed E-state index contributed by atoms with van der Waals surface area (Å²) in [6, 6.07) is 9.46. The number of nitrogens with zero attached hydrogens (tertiary/aromatic N) is 1. The average Bonchev–Trinajstić information content (AvgIpc) is 2.44. The fraction of sp³-hybridized carbons (Fsp3) is 0.353. The lowest BCUT2D eigenvalue weighted by atomic mass is 9.73. The molecule has 116 valence electrons. The number of carboxylic acids is 2. The monoisotopic (exact) mass is 301 g/mol. The van der Waals surface area contributed by atoms with Crippen LogP contribution in [0.2, 0.25) is 0 Å². The Kier molecular flexibility index (Phi) is 4.75. The van der Waals surface area contributed by atoms with Crippen LogP contribution in [0, 0.1) is 5.92 Å². The highest BCUT2D eigenvalue weighted by Gasteiger charge is 2.35. The summed E-state index contributed by atoms with van der Waals surface area (Å²) >= 11 is 0. The van der Waals surface area contributed by atoms with Crippen LogP contribution in [-0.4, -0.2) is 27.9 Å². The highest BCUT2D eigenvalue weighted by Crippen LogP contribution is 2.41. The third kappa shape index (κ3) is 3.42. The van der Waals surface area contributed by atoms with Gasteiger partial charge in [0.2, 0.25) is 0 Å². The van der Waals surface area contributed by atoms with Crippen molar-refractivity contribution in [3.05, 3.63) is 47.2 Å². The van der Waals surface area contributed by atoms with E-state index in [1.807, 2.05) is 37.3 Å². The number of hydrogen-bond acceptors (Lipinski definition) is 3. The first kappa shape index (κ1) is 15.9. The molecule has 0 amide bonds. The van der Waals surface area contributed by atoms with Crippen molar-refractivity contribution in [2.75, 3.05) is 0 Å². The van der Waals surface area contributed by atoms with Gasteiger partial charge in [-0.25, -0.2) is 0 Å². The number of benzene rings is 1. The highest BCUT2D eigenvalue weighted by molar-refractivity contribution is 5.91. The highest BCUT2D eigenvalue weighted by atomic mass is 16.4. The van der Waals surface area contributed by atoms with Crippen LogP contribution < -0.4 is 0 Å². The van der Waals surface area contributed by atoms with Crippen LogP contribution in [-0.2, 0) is 9.59 Å². The lowest BCUT2D eigenvalue weighted by Crippen LogP contribution is -2.29. The van der Waals surface area contributed by atoms with Crippen molar-refractivity contribution in [3.8, 4) is 0 Å². The SMILES string of the molecule is CC1=NC(C)=C(CC(=O)O)C(c2ccccc2)C1CC(=O)O. The standard InChI is InChI=1S/C17H19NO4/c1-10-13(8-15(19)20)17(12-6-4-3-5-7-12)14(9-16(21)22)11(2)18-10/h3-7,13,17H,8-9H2,1-2H3,(H,19,20)(H,21,22). The maximum Gasteiger partial charge on any atom is 0.307 e. The van der Waals surface area contributed by atoms with Crippen LogP contribution >= 0.6 is 0 Å². The minimum atomic E-state index is -0.931. The molecule has 2 N–H and O–H groups in total. The molecule has 0 bridgehead atoms. The van der Waals surface area contributed by atoms with Crippen LogP contribution in [0.25, 0.3) is 0 Å². The second-order valence-electron chi connectivity index (χ2n) is 5.53. The topological polar surface area (TPSA) is 87.0 Å². The fourth-order valence-corrected chi connectivity index (χ4v) is 3.08. The normalized spacial score (nSPS) is 21.5. The van der Waals surface area contributed by atoms with Crippen molar-refractivity contribution in [2.45, 2.75) is 32.6 Å². The van der Waals surface area contributed by atoms with E-state index in [9.17, 15) is 19.8 Å². The number of hydrogen-bond donors (Lipinski definition) is 2. The molecule has 1 aromatic carbocycles. The Morgan fingerprint density at radius 3 is 2.27 bits per heavy atom. The zero-order valence-electron chi connectivity index (χ0n) is 12.6. The van der Waals surface area contributed by atoms with E-state index in [0.717, 1.165) is 11.3 Å². The second-order valence-corrected chi connectivity index (χ2v) is 5.53. The number of aliphatic carboxylic acids is 2. The van der Waals surface area contributed by atoms with Gasteiger partial charge in [-0.05, 0) is 25.0 Å². The number of rotatable bonds is 5. The minimum Gasteiger partial charge on any atom is -0.481 e. The predicted octanol–water partition coefficient (Wildman–Crippen LogP) is 3.08. The summed E-state index contributed by atoms with van der Waals surface area (Å²) in [6.07, 6.45) is -0.191. The molecule has 5 heteroatoms. The van der Waals surface area contributed by atoms with Gasteiger partial charge in [0.1, 0.15) is 0 Å². The van der Waals surface area contributed by atoms with Crippen LogP contribution in [0.3, 0.4) is 0 Å². The summed E-state index contributed by atoms with van der Waals surface area (Å²) in [7, 11) is 0. The minimum absolute atomic E-state index is 0.0642. The molecule has 0 radical (unpaired) electrons. The van der Waals surface area contributed by atoms with Gasteiger partial charge >= 0.3 is 11.9 Å². The van der Waals surface area contributed by atoms with Gasteiger partial charge in [0.25, 0.3) is 0 Å². The molecule has 2 unspecified atom stereocenters. The van der Waals surface area contributed by atoms with Crippen molar-refractivity contribution < 1.29 is 19.8 Å². The second kappa shape index (κ2) is 6.56. The molecule has 0 aliphatic carbocycles. The van der Waals surface area contributed by atoms with Crippen molar-refractivity contribution in [1.82, 2.24) is 0 Å². The number of allylic oxidation sites excluding steroid dienone is 1. The van der Waals surface area contributed by atoms with Gasteiger partial charge in [0.05, 0.1) is 12.8 Å². The summed E-state index contributed by atoms with van der Waals surface area (Å²) in [5.74, 6) is -2.42. The van der Waals surface area contributed by atoms with E-state index >= 15 is 0 Å². The van der Waals surface area contributed by atoms with Gasteiger partial charge in [-0.15, -0.1) is 0 Å². The molecular formula is C17H19NO4. The van der Waals surface area contributed by atoms with Crippen LogP contribution in [0.15, 0.2) is 46.6 Å². The maximum absolute atomic E-state index is 11.2. The molecule has 5 nitrogen and oxygen atoms in total. The first-order valence-electron chi connectivity index (χ1n) is 7.13. The molecule has 1 heterocycles. The maximum atomic E-state index is 11.2. The van der Waals surface area contributed by atoms with E-state index in [0.29, 0.717) is 11.3 Å².